The van der Waals surface area contributed by atoms with Crippen LogP contribution in [0.15, 0.2) is 43.0 Å². The number of hydrogen-bond donors (Lipinski definition) is 1. The molecule has 1 aliphatic rings. The molecule has 0 radical (unpaired) electrons. The minimum absolute atomic E-state index is 0.0910. The number of carbonyl (C=O) groups is 1. The number of nitrogens with zero attached hydrogens (tertiary/aromatic N) is 6. The van der Waals surface area contributed by atoms with Crippen LogP contribution in [0.5, 0.6) is 5.88 Å². The minimum Gasteiger partial charge on any atom is -0.477 e. The summed E-state index contributed by atoms with van der Waals surface area (Å²) in [6, 6.07) is 5.58. The lowest BCUT2D eigenvalue weighted by atomic mass is 9.77. The molecule has 4 heterocycles. The van der Waals surface area contributed by atoms with Crippen LogP contribution in [0.3, 0.4) is 0 Å². The molecule has 0 spiro atoms. The van der Waals surface area contributed by atoms with Crippen LogP contribution in [0.1, 0.15) is 38.2 Å². The molecule has 0 aliphatic carbocycles. The van der Waals surface area contributed by atoms with Gasteiger partial charge in [-0.2, -0.15) is 0 Å². The Bertz CT molecular complexity index is 1280. The predicted molar refractivity (Wildman–Crippen MR) is 141 cm³/mol. The third-order valence-electron chi connectivity index (χ3n) is 6.10. The fraction of sp³-hybridized carbons (Fsp3) is 0.440. The van der Waals surface area contributed by atoms with Crippen LogP contribution in [0.25, 0.3) is 11.3 Å². The maximum atomic E-state index is 11.9. The van der Waals surface area contributed by atoms with Gasteiger partial charge in [-0.05, 0) is 51.8 Å². The van der Waals surface area contributed by atoms with Gasteiger partial charge in [-0.15, -0.1) is 0 Å². The number of aryl methyl sites for hydroxylation is 1. The quantitative estimate of drug-likeness (QED) is 0.435. The first-order valence-corrected chi connectivity index (χ1v) is 13.7. The molecule has 3 aromatic rings. The average molecular weight is 528 g/mol. The Labute approximate surface area is 217 Å². The smallest absolute Gasteiger partial charge is 0.232 e. The van der Waals surface area contributed by atoms with Crippen molar-refractivity contribution in [2.45, 2.75) is 39.0 Å². The monoisotopic (exact) mass is 527 g/mol. The SMILES string of the molecule is CCOc1cncc(-c2ccc(NC)nc2)n1.CCS(=O)(=O)N1CCC(C=O)(c2ccnc(C)n2)CC1. The van der Waals surface area contributed by atoms with Gasteiger partial charge in [0.05, 0.1) is 41.6 Å². The molecule has 37 heavy (non-hydrogen) atoms. The van der Waals surface area contributed by atoms with E-state index in [9.17, 15) is 13.2 Å². The Morgan fingerprint density at radius 2 is 1.84 bits per heavy atom. The summed E-state index contributed by atoms with van der Waals surface area (Å²) in [5, 5.41) is 2.97. The van der Waals surface area contributed by atoms with Crippen molar-refractivity contribution >= 4 is 22.1 Å². The topological polar surface area (TPSA) is 140 Å². The maximum Gasteiger partial charge on any atom is 0.232 e. The van der Waals surface area contributed by atoms with E-state index in [2.05, 4.69) is 30.2 Å². The predicted octanol–water partition coefficient (Wildman–Crippen LogP) is 2.65. The zero-order valence-electron chi connectivity index (χ0n) is 21.6. The van der Waals surface area contributed by atoms with E-state index in [0.717, 1.165) is 23.4 Å². The number of pyridine rings is 1. The standard InChI is InChI=1S/C13H19N3O3S.C12H14N4O/c1-3-20(18,19)16-8-5-13(10-17,6-9-16)12-4-7-14-11(2)15-12;1-3-17-12-8-14-7-10(16-12)9-4-5-11(13-2)15-6-9/h4,7,10H,3,5-6,8-9H2,1-2H3;4-8H,3H2,1-2H3,(H,13,15). The Kier molecular flexibility index (Phi) is 9.59. The summed E-state index contributed by atoms with van der Waals surface area (Å²) in [5.74, 6) is 2.06. The van der Waals surface area contributed by atoms with E-state index in [1.165, 1.54) is 4.31 Å². The second-order valence-electron chi connectivity index (χ2n) is 8.42. The molecule has 0 atom stereocenters. The van der Waals surface area contributed by atoms with Crippen molar-refractivity contribution in [3.8, 4) is 17.1 Å². The number of aromatic nitrogens is 5. The van der Waals surface area contributed by atoms with Gasteiger partial charge in [0.15, 0.2) is 0 Å². The van der Waals surface area contributed by atoms with Gasteiger partial charge in [-0.1, -0.05) is 0 Å². The molecule has 0 saturated carbocycles. The van der Waals surface area contributed by atoms with Gasteiger partial charge < -0.3 is 14.8 Å². The van der Waals surface area contributed by atoms with E-state index >= 15 is 0 Å². The van der Waals surface area contributed by atoms with E-state index in [4.69, 9.17) is 4.74 Å². The number of nitrogens with one attached hydrogen (secondary N) is 1. The Morgan fingerprint density at radius 3 is 2.41 bits per heavy atom. The highest BCUT2D eigenvalue weighted by Crippen LogP contribution is 2.33. The van der Waals surface area contributed by atoms with Crippen molar-refractivity contribution in [3.63, 3.8) is 0 Å². The van der Waals surface area contributed by atoms with Crippen molar-refractivity contribution in [1.29, 1.82) is 0 Å². The molecule has 11 nitrogen and oxygen atoms in total. The molecule has 4 rings (SSSR count). The molecular weight excluding hydrogens is 494 g/mol. The van der Waals surface area contributed by atoms with Gasteiger partial charge in [-0.3, -0.25) is 4.98 Å². The summed E-state index contributed by atoms with van der Waals surface area (Å²) in [4.78, 5) is 32.6. The summed E-state index contributed by atoms with van der Waals surface area (Å²) in [7, 11) is -1.35. The number of aldehydes is 1. The number of rotatable bonds is 8. The molecule has 198 valence electrons. The number of anilines is 1. The Hall–Kier alpha value is -3.51. The highest BCUT2D eigenvalue weighted by atomic mass is 32.2. The van der Waals surface area contributed by atoms with Crippen LogP contribution in [-0.4, -0.2) is 76.4 Å². The lowest BCUT2D eigenvalue weighted by molar-refractivity contribution is -0.114. The second kappa shape index (κ2) is 12.6. The van der Waals surface area contributed by atoms with Gasteiger partial charge in [0.2, 0.25) is 15.9 Å². The first-order valence-electron chi connectivity index (χ1n) is 12.1. The maximum absolute atomic E-state index is 11.9. The molecule has 0 bridgehead atoms. The number of carbonyl (C=O) groups excluding carboxylic acids is 1. The largest absolute Gasteiger partial charge is 0.477 e. The fourth-order valence-electron chi connectivity index (χ4n) is 3.91. The average Bonchev–Trinajstić information content (AvgIpc) is 2.94. The number of ether oxygens (including phenoxy) is 1. The van der Waals surface area contributed by atoms with Crippen molar-refractivity contribution in [2.24, 2.45) is 0 Å². The third kappa shape index (κ3) is 7.04. The Balaban J connectivity index is 0.000000208. The van der Waals surface area contributed by atoms with E-state index in [0.29, 0.717) is 49.9 Å². The number of sulfonamides is 1. The minimum atomic E-state index is -3.19. The molecule has 1 N–H and O–H groups in total. The first-order chi connectivity index (χ1) is 17.8. The van der Waals surface area contributed by atoms with Gasteiger partial charge in [0.1, 0.15) is 17.9 Å². The van der Waals surface area contributed by atoms with Crippen molar-refractivity contribution in [1.82, 2.24) is 29.2 Å². The van der Waals surface area contributed by atoms with E-state index < -0.39 is 15.4 Å². The second-order valence-corrected chi connectivity index (χ2v) is 10.7. The molecule has 1 fully saturated rings. The van der Waals surface area contributed by atoms with E-state index in [-0.39, 0.29) is 5.75 Å². The summed E-state index contributed by atoms with van der Waals surface area (Å²) in [6.45, 7) is 6.62. The van der Waals surface area contributed by atoms with Crippen LogP contribution in [0, 0.1) is 6.92 Å². The van der Waals surface area contributed by atoms with Gasteiger partial charge in [-0.25, -0.2) is 32.7 Å². The lowest BCUT2D eigenvalue weighted by Crippen LogP contribution is -2.46. The van der Waals surface area contributed by atoms with E-state index in [1.807, 2.05) is 26.1 Å². The molecule has 1 aliphatic heterocycles. The van der Waals surface area contributed by atoms with Crippen molar-refractivity contribution in [2.75, 3.05) is 37.8 Å². The van der Waals surface area contributed by atoms with Crippen LogP contribution < -0.4 is 10.1 Å². The molecule has 0 amide bonds. The van der Waals surface area contributed by atoms with Crippen LogP contribution >= 0.6 is 0 Å². The van der Waals surface area contributed by atoms with Gasteiger partial charge in [0.25, 0.3) is 0 Å². The lowest BCUT2D eigenvalue weighted by Gasteiger charge is -2.37. The molecule has 12 heteroatoms. The first kappa shape index (κ1) is 28.1. The fourth-order valence-corrected chi connectivity index (χ4v) is 5.02. The zero-order chi connectivity index (χ0) is 26.9. The van der Waals surface area contributed by atoms with Crippen molar-refractivity contribution < 1.29 is 17.9 Å². The van der Waals surface area contributed by atoms with Crippen LogP contribution in [0.4, 0.5) is 5.82 Å². The van der Waals surface area contributed by atoms with Crippen LogP contribution in [-0.2, 0) is 20.2 Å². The number of hydrogen-bond acceptors (Lipinski definition) is 10. The van der Waals surface area contributed by atoms with Gasteiger partial charge >= 0.3 is 0 Å². The zero-order valence-corrected chi connectivity index (χ0v) is 22.4. The molecule has 0 unspecified atom stereocenters. The van der Waals surface area contributed by atoms with Crippen LogP contribution in [0.2, 0.25) is 0 Å². The molecule has 0 aromatic carbocycles. The summed E-state index contributed by atoms with van der Waals surface area (Å²) >= 11 is 0. The summed E-state index contributed by atoms with van der Waals surface area (Å²) < 4.78 is 30.5. The van der Waals surface area contributed by atoms with Gasteiger partial charge in [0, 0.05) is 38.1 Å². The number of piperidine rings is 1. The normalized spacial score (nSPS) is 15.2. The highest BCUT2D eigenvalue weighted by molar-refractivity contribution is 7.89. The molecule has 3 aromatic heterocycles. The molecular formula is C25H33N7O4S. The Morgan fingerprint density at radius 1 is 1.08 bits per heavy atom. The summed E-state index contributed by atoms with van der Waals surface area (Å²) in [5.41, 5.74) is 1.67. The molecule has 1 saturated heterocycles. The van der Waals surface area contributed by atoms with E-state index in [1.54, 1.807) is 44.7 Å². The highest BCUT2D eigenvalue weighted by Gasteiger charge is 2.40. The van der Waals surface area contributed by atoms with Crippen molar-refractivity contribution in [3.05, 3.63) is 54.5 Å². The third-order valence-corrected chi connectivity index (χ3v) is 7.99. The summed E-state index contributed by atoms with van der Waals surface area (Å²) in [6.07, 6.45) is 8.52.